The van der Waals surface area contributed by atoms with Crippen LogP contribution in [0.15, 0.2) is 42.7 Å². The van der Waals surface area contributed by atoms with Gasteiger partial charge in [0.2, 0.25) is 0 Å². The standard InChI is InChI=1S/C25H28N6O4/c1-26-23-9-18(28-24-15(10-27-31(23)24)25(33)29-17-7-8-21(17)32)16-11-30(19-6-4-3-5-14(16)19)20-12-35-13-22(20)34-2/h3-6,9-11,17,20-22,26,32H,7-8,12-13H2,1-2H3,(H,29,33)/t17-,20-,21+,22-/m1/s1. The zero-order valence-electron chi connectivity index (χ0n) is 19.6. The molecule has 2 fully saturated rings. The maximum atomic E-state index is 13.0. The number of amides is 1. The van der Waals surface area contributed by atoms with Crippen LogP contribution in [0.1, 0.15) is 29.2 Å². The molecule has 3 aromatic heterocycles. The first-order valence-corrected chi connectivity index (χ1v) is 11.8. The second-order valence-corrected chi connectivity index (χ2v) is 9.14. The Morgan fingerprint density at radius 3 is 2.86 bits per heavy atom. The van der Waals surface area contributed by atoms with E-state index in [2.05, 4.69) is 38.6 Å². The van der Waals surface area contributed by atoms with Crippen LogP contribution in [0.25, 0.3) is 27.8 Å². The molecule has 10 heteroatoms. The van der Waals surface area contributed by atoms with E-state index in [1.54, 1.807) is 11.6 Å². The second kappa shape index (κ2) is 8.63. The molecule has 4 heterocycles. The van der Waals surface area contributed by atoms with Crippen LogP contribution in [0.4, 0.5) is 5.82 Å². The number of fused-ring (bicyclic) bond motifs is 2. The number of rotatable bonds is 6. The summed E-state index contributed by atoms with van der Waals surface area (Å²) in [7, 11) is 3.52. The molecule has 1 aliphatic heterocycles. The third kappa shape index (κ3) is 3.56. The Balaban J connectivity index is 1.47. The van der Waals surface area contributed by atoms with Crippen molar-refractivity contribution < 1.29 is 19.4 Å². The van der Waals surface area contributed by atoms with Crippen molar-refractivity contribution >= 4 is 28.3 Å². The topological polar surface area (TPSA) is 115 Å². The van der Waals surface area contributed by atoms with Crippen LogP contribution in [0, 0.1) is 0 Å². The molecule has 35 heavy (non-hydrogen) atoms. The third-order valence-electron chi connectivity index (χ3n) is 7.20. The van der Waals surface area contributed by atoms with Gasteiger partial charge < -0.3 is 29.8 Å². The molecule has 0 unspecified atom stereocenters. The Hall–Kier alpha value is -3.47. The predicted molar refractivity (Wildman–Crippen MR) is 131 cm³/mol. The molecule has 4 atom stereocenters. The number of methoxy groups -OCH3 is 1. The van der Waals surface area contributed by atoms with Gasteiger partial charge in [0, 0.05) is 42.9 Å². The monoisotopic (exact) mass is 476 g/mol. The fourth-order valence-electron chi connectivity index (χ4n) is 5.03. The number of benzene rings is 1. The lowest BCUT2D eigenvalue weighted by atomic mass is 9.89. The minimum atomic E-state index is -0.501. The van der Waals surface area contributed by atoms with Gasteiger partial charge >= 0.3 is 0 Å². The Bertz CT molecular complexity index is 1410. The van der Waals surface area contributed by atoms with Crippen molar-refractivity contribution in [1.29, 1.82) is 0 Å². The average Bonchev–Trinajstić information content (AvgIpc) is 3.61. The van der Waals surface area contributed by atoms with Gasteiger partial charge in [0.05, 0.1) is 43.3 Å². The molecule has 182 valence electrons. The normalized spacial score (nSPS) is 24.1. The highest BCUT2D eigenvalue weighted by Crippen LogP contribution is 2.36. The first kappa shape index (κ1) is 22.0. The summed E-state index contributed by atoms with van der Waals surface area (Å²) in [5.74, 6) is 0.424. The van der Waals surface area contributed by atoms with Gasteiger partial charge in [-0.2, -0.15) is 9.61 Å². The Kier molecular flexibility index (Phi) is 5.43. The lowest BCUT2D eigenvalue weighted by Crippen LogP contribution is -2.50. The Morgan fingerprint density at radius 2 is 2.11 bits per heavy atom. The molecule has 1 aromatic carbocycles. The highest BCUT2D eigenvalue weighted by molar-refractivity contribution is 6.01. The first-order chi connectivity index (χ1) is 17.1. The smallest absolute Gasteiger partial charge is 0.257 e. The number of nitrogens with zero attached hydrogens (tertiary/aromatic N) is 4. The highest BCUT2D eigenvalue weighted by Gasteiger charge is 2.33. The summed E-state index contributed by atoms with van der Waals surface area (Å²) in [6.07, 6.45) is 4.55. The van der Waals surface area contributed by atoms with Crippen LogP contribution in [-0.4, -0.2) is 75.8 Å². The molecule has 1 aliphatic carbocycles. The molecule has 0 bridgehead atoms. The number of aliphatic hydroxyl groups excluding tert-OH is 1. The molecule has 1 saturated carbocycles. The van der Waals surface area contributed by atoms with Gasteiger partial charge in [0.1, 0.15) is 17.5 Å². The minimum Gasteiger partial charge on any atom is -0.391 e. The zero-order valence-corrected chi connectivity index (χ0v) is 19.6. The van der Waals surface area contributed by atoms with Crippen LogP contribution in [-0.2, 0) is 9.47 Å². The van der Waals surface area contributed by atoms with Crippen molar-refractivity contribution in [3.63, 3.8) is 0 Å². The van der Waals surface area contributed by atoms with E-state index in [0.29, 0.717) is 36.7 Å². The number of aromatic nitrogens is 4. The molecule has 0 spiro atoms. The fraction of sp³-hybridized carbons (Fsp3) is 0.400. The Morgan fingerprint density at radius 1 is 1.26 bits per heavy atom. The number of hydrogen-bond acceptors (Lipinski definition) is 7. The summed E-state index contributed by atoms with van der Waals surface area (Å²) in [6, 6.07) is 9.94. The zero-order chi connectivity index (χ0) is 24.1. The Labute approximate surface area is 201 Å². The molecular weight excluding hydrogens is 448 g/mol. The summed E-state index contributed by atoms with van der Waals surface area (Å²) in [4.78, 5) is 17.9. The lowest BCUT2D eigenvalue weighted by molar-refractivity contribution is 0.0448. The van der Waals surface area contributed by atoms with Gasteiger partial charge in [-0.3, -0.25) is 4.79 Å². The van der Waals surface area contributed by atoms with E-state index in [1.165, 1.54) is 6.20 Å². The van der Waals surface area contributed by atoms with Crippen molar-refractivity contribution in [3.05, 3.63) is 48.3 Å². The molecule has 6 rings (SSSR count). The molecule has 2 aliphatic rings. The summed E-state index contributed by atoms with van der Waals surface area (Å²) in [5, 5.41) is 21.4. The van der Waals surface area contributed by atoms with Gasteiger partial charge in [-0.1, -0.05) is 18.2 Å². The van der Waals surface area contributed by atoms with E-state index >= 15 is 0 Å². The minimum absolute atomic E-state index is 0.0334. The van der Waals surface area contributed by atoms with Crippen molar-refractivity contribution in [2.75, 3.05) is 32.7 Å². The largest absolute Gasteiger partial charge is 0.391 e. The number of nitrogens with one attached hydrogen (secondary N) is 2. The molecule has 10 nitrogen and oxygen atoms in total. The average molecular weight is 477 g/mol. The van der Waals surface area contributed by atoms with E-state index in [0.717, 1.165) is 28.6 Å². The van der Waals surface area contributed by atoms with Gasteiger partial charge in [-0.25, -0.2) is 4.98 Å². The van der Waals surface area contributed by atoms with Crippen LogP contribution in [0.3, 0.4) is 0 Å². The molecule has 0 radical (unpaired) electrons. The third-order valence-corrected chi connectivity index (χ3v) is 7.20. The van der Waals surface area contributed by atoms with Crippen LogP contribution >= 0.6 is 0 Å². The maximum Gasteiger partial charge on any atom is 0.257 e. The van der Waals surface area contributed by atoms with Gasteiger partial charge in [-0.05, 0) is 18.9 Å². The van der Waals surface area contributed by atoms with Crippen molar-refractivity contribution in [3.8, 4) is 11.3 Å². The molecule has 1 amide bonds. The number of aliphatic hydroxyl groups is 1. The number of carbonyl (C=O) groups is 1. The quantitative estimate of drug-likeness (QED) is 0.391. The number of para-hydroxylation sites is 1. The van der Waals surface area contributed by atoms with Gasteiger partial charge in [-0.15, -0.1) is 0 Å². The van der Waals surface area contributed by atoms with Crippen LogP contribution in [0.5, 0.6) is 0 Å². The predicted octanol–water partition coefficient (Wildman–Crippen LogP) is 2.23. The highest BCUT2D eigenvalue weighted by atomic mass is 16.5. The summed E-state index contributed by atoms with van der Waals surface area (Å²) < 4.78 is 15.2. The van der Waals surface area contributed by atoms with Gasteiger partial charge in [0.25, 0.3) is 5.91 Å². The number of carbonyl (C=O) groups excluding carboxylic acids is 1. The molecular formula is C25H28N6O4. The fourth-order valence-corrected chi connectivity index (χ4v) is 5.03. The maximum absolute atomic E-state index is 13.0. The van der Waals surface area contributed by atoms with E-state index in [-0.39, 0.29) is 24.1 Å². The molecule has 3 N–H and O–H groups in total. The summed E-state index contributed by atoms with van der Waals surface area (Å²) >= 11 is 0. The van der Waals surface area contributed by atoms with E-state index < -0.39 is 6.10 Å². The van der Waals surface area contributed by atoms with E-state index in [9.17, 15) is 9.90 Å². The molecule has 1 saturated heterocycles. The van der Waals surface area contributed by atoms with E-state index in [4.69, 9.17) is 14.5 Å². The van der Waals surface area contributed by atoms with Gasteiger partial charge in [0.15, 0.2) is 5.65 Å². The first-order valence-electron chi connectivity index (χ1n) is 11.8. The number of anilines is 1. The van der Waals surface area contributed by atoms with Crippen molar-refractivity contribution in [2.24, 2.45) is 0 Å². The van der Waals surface area contributed by atoms with Crippen molar-refractivity contribution in [2.45, 2.75) is 37.1 Å². The summed E-state index contributed by atoms with van der Waals surface area (Å²) in [5.41, 5.74) is 3.56. The van der Waals surface area contributed by atoms with E-state index in [1.807, 2.05) is 25.2 Å². The summed E-state index contributed by atoms with van der Waals surface area (Å²) in [6.45, 7) is 1.13. The second-order valence-electron chi connectivity index (χ2n) is 9.14. The number of ether oxygens (including phenoxy) is 2. The van der Waals surface area contributed by atoms with Crippen molar-refractivity contribution in [1.82, 2.24) is 24.5 Å². The van der Waals surface area contributed by atoms with Crippen LogP contribution < -0.4 is 10.6 Å². The SMILES string of the molecule is CNc1cc(-c2cn([C@@H]3COC[C@H]3OC)c3ccccc23)nc2c(C(=O)N[C@@H]3CC[C@@H]3O)cnn12. The number of hydrogen-bond donors (Lipinski definition) is 3. The lowest BCUT2D eigenvalue weighted by Gasteiger charge is -2.32. The molecule has 4 aromatic rings. The van der Waals surface area contributed by atoms with Crippen LogP contribution in [0.2, 0.25) is 0 Å².